The second kappa shape index (κ2) is 7.37. The van der Waals surface area contributed by atoms with Crippen molar-refractivity contribution in [2.75, 3.05) is 5.32 Å². The van der Waals surface area contributed by atoms with E-state index in [0.29, 0.717) is 6.42 Å². The summed E-state index contributed by atoms with van der Waals surface area (Å²) in [5.74, 6) is -3.35. The van der Waals surface area contributed by atoms with Gasteiger partial charge in [-0.15, -0.1) is 0 Å². The van der Waals surface area contributed by atoms with Crippen LogP contribution < -0.4 is 5.32 Å². The number of halogens is 2. The summed E-state index contributed by atoms with van der Waals surface area (Å²) in [4.78, 5) is 23.0. The average molecular weight is 283 g/mol. The summed E-state index contributed by atoms with van der Waals surface area (Å²) in [6, 6.07) is 2.95. The summed E-state index contributed by atoms with van der Waals surface area (Å²) in [6.07, 6.45) is 2.45. The van der Waals surface area contributed by atoms with Crippen molar-refractivity contribution in [1.29, 1.82) is 0 Å². The molecule has 0 saturated carbocycles. The molecule has 0 bridgehead atoms. The summed E-state index contributed by atoms with van der Waals surface area (Å²) in [7, 11) is 0. The highest BCUT2D eigenvalue weighted by Crippen LogP contribution is 2.13. The van der Waals surface area contributed by atoms with Crippen molar-refractivity contribution in [1.82, 2.24) is 0 Å². The van der Waals surface area contributed by atoms with Gasteiger partial charge in [-0.25, -0.2) is 13.6 Å². The second-order valence-corrected chi connectivity index (χ2v) is 4.01. The molecule has 0 saturated heterocycles. The molecule has 0 fully saturated rings. The molecule has 1 aromatic rings. The first-order valence-electron chi connectivity index (χ1n) is 6.07. The smallest absolute Gasteiger partial charge is 0.331 e. The molecule has 0 aliphatic carbocycles. The molecule has 6 heteroatoms. The molecule has 0 aliphatic heterocycles. The van der Waals surface area contributed by atoms with E-state index in [1.165, 1.54) is 19.1 Å². The number of hydrogen-bond donors (Lipinski definition) is 1. The van der Waals surface area contributed by atoms with Crippen molar-refractivity contribution in [3.05, 3.63) is 42.0 Å². The van der Waals surface area contributed by atoms with Gasteiger partial charge in [-0.3, -0.25) is 4.79 Å². The molecule has 0 heterocycles. The third kappa shape index (κ3) is 4.79. The molecule has 0 spiro atoms. The van der Waals surface area contributed by atoms with Gasteiger partial charge in [0.25, 0.3) is 5.91 Å². The molecule has 1 rings (SSSR count). The van der Waals surface area contributed by atoms with E-state index in [9.17, 15) is 18.4 Å². The maximum Gasteiger partial charge on any atom is 0.331 e. The molecular weight excluding hydrogens is 268 g/mol. The summed E-state index contributed by atoms with van der Waals surface area (Å²) < 4.78 is 30.5. The minimum Gasteiger partial charge on any atom is -0.449 e. The number of rotatable bonds is 5. The summed E-state index contributed by atoms with van der Waals surface area (Å²) >= 11 is 0. The summed E-state index contributed by atoms with van der Waals surface area (Å²) in [6.45, 7) is 3.23. The number of carbonyl (C=O) groups excluding carboxylic acids is 2. The zero-order chi connectivity index (χ0) is 15.1. The van der Waals surface area contributed by atoms with E-state index >= 15 is 0 Å². The number of anilines is 1. The van der Waals surface area contributed by atoms with Crippen LogP contribution in [0.4, 0.5) is 14.5 Å². The number of benzene rings is 1. The van der Waals surface area contributed by atoms with Gasteiger partial charge >= 0.3 is 5.97 Å². The van der Waals surface area contributed by atoms with E-state index in [1.807, 2.05) is 6.92 Å². The van der Waals surface area contributed by atoms with E-state index in [-0.39, 0.29) is 5.69 Å². The molecule has 20 heavy (non-hydrogen) atoms. The first-order chi connectivity index (χ1) is 9.43. The van der Waals surface area contributed by atoms with E-state index in [2.05, 4.69) is 5.32 Å². The van der Waals surface area contributed by atoms with Crippen molar-refractivity contribution < 1.29 is 23.1 Å². The number of hydrogen-bond acceptors (Lipinski definition) is 3. The Morgan fingerprint density at radius 1 is 1.35 bits per heavy atom. The Balaban J connectivity index is 2.59. The van der Waals surface area contributed by atoms with E-state index in [4.69, 9.17) is 4.74 Å². The Bertz CT molecular complexity index is 529. The monoisotopic (exact) mass is 283 g/mol. The number of ether oxygens (including phenoxy) is 1. The quantitative estimate of drug-likeness (QED) is 0.668. The molecule has 0 aliphatic rings. The fraction of sp³-hybridized carbons (Fsp3) is 0.286. The van der Waals surface area contributed by atoms with Crippen LogP contribution in [0.3, 0.4) is 0 Å². The second-order valence-electron chi connectivity index (χ2n) is 4.01. The van der Waals surface area contributed by atoms with Crippen molar-refractivity contribution in [2.45, 2.75) is 26.4 Å². The van der Waals surface area contributed by atoms with E-state index < -0.39 is 29.6 Å². The van der Waals surface area contributed by atoms with Crippen molar-refractivity contribution in [3.63, 3.8) is 0 Å². The predicted molar refractivity (Wildman–Crippen MR) is 70.0 cm³/mol. The van der Waals surface area contributed by atoms with Crippen LogP contribution >= 0.6 is 0 Å². The molecule has 1 atom stereocenters. The fourth-order valence-electron chi connectivity index (χ4n) is 1.30. The number of nitrogens with one attached hydrogen (secondary N) is 1. The third-order valence-electron chi connectivity index (χ3n) is 2.34. The van der Waals surface area contributed by atoms with Gasteiger partial charge in [0.05, 0.1) is 0 Å². The van der Waals surface area contributed by atoms with Gasteiger partial charge in [0.1, 0.15) is 0 Å². The molecule has 1 N–H and O–H groups in total. The largest absolute Gasteiger partial charge is 0.449 e. The highest BCUT2D eigenvalue weighted by Gasteiger charge is 2.17. The van der Waals surface area contributed by atoms with Crippen molar-refractivity contribution in [2.24, 2.45) is 0 Å². The van der Waals surface area contributed by atoms with Gasteiger partial charge in [0.15, 0.2) is 17.7 Å². The molecular formula is C14H15F2NO3. The van der Waals surface area contributed by atoms with Crippen LogP contribution in [0.2, 0.25) is 0 Å². The SMILES string of the molecule is CC/C=C/C(=O)O[C@H](C)C(=O)Nc1ccc(F)c(F)c1. The lowest BCUT2D eigenvalue weighted by Gasteiger charge is -2.12. The predicted octanol–water partition coefficient (Wildman–Crippen LogP) is 2.80. The van der Waals surface area contributed by atoms with Crippen LogP contribution in [-0.2, 0) is 14.3 Å². The third-order valence-corrected chi connectivity index (χ3v) is 2.34. The fourth-order valence-corrected chi connectivity index (χ4v) is 1.30. The number of amides is 1. The minimum absolute atomic E-state index is 0.0842. The normalized spacial score (nSPS) is 12.2. The maximum absolute atomic E-state index is 13.0. The van der Waals surface area contributed by atoms with Crippen molar-refractivity contribution in [3.8, 4) is 0 Å². The Kier molecular flexibility index (Phi) is 5.83. The molecule has 0 unspecified atom stereocenters. The molecule has 1 amide bonds. The van der Waals surface area contributed by atoms with Gasteiger partial charge < -0.3 is 10.1 Å². The van der Waals surface area contributed by atoms with Crippen LogP contribution in [-0.4, -0.2) is 18.0 Å². The lowest BCUT2D eigenvalue weighted by atomic mass is 10.2. The Hall–Kier alpha value is -2.24. The van der Waals surface area contributed by atoms with E-state index in [1.54, 1.807) is 6.08 Å². The first-order valence-corrected chi connectivity index (χ1v) is 6.07. The number of allylic oxidation sites excluding steroid dienone is 1. The first kappa shape index (κ1) is 15.8. The Labute approximate surface area is 115 Å². The molecule has 0 aromatic heterocycles. The van der Waals surface area contributed by atoms with E-state index in [0.717, 1.165) is 12.1 Å². The molecule has 1 aromatic carbocycles. The highest BCUT2D eigenvalue weighted by molar-refractivity contribution is 5.95. The van der Waals surface area contributed by atoms with Gasteiger partial charge in [-0.05, 0) is 25.5 Å². The summed E-state index contributed by atoms with van der Waals surface area (Å²) in [5, 5.41) is 2.32. The van der Waals surface area contributed by atoms with Crippen LogP contribution in [0.5, 0.6) is 0 Å². The van der Waals surface area contributed by atoms with Gasteiger partial charge in [-0.2, -0.15) is 0 Å². The zero-order valence-electron chi connectivity index (χ0n) is 11.2. The minimum atomic E-state index is -1.07. The van der Waals surface area contributed by atoms with Crippen LogP contribution in [0, 0.1) is 11.6 Å². The van der Waals surface area contributed by atoms with Crippen molar-refractivity contribution >= 4 is 17.6 Å². The Morgan fingerprint density at radius 3 is 2.65 bits per heavy atom. The topological polar surface area (TPSA) is 55.4 Å². The molecule has 108 valence electrons. The number of esters is 1. The van der Waals surface area contributed by atoms with Gasteiger partial charge in [-0.1, -0.05) is 13.0 Å². The number of carbonyl (C=O) groups is 2. The Morgan fingerprint density at radius 2 is 2.05 bits per heavy atom. The summed E-state index contributed by atoms with van der Waals surface area (Å²) in [5.41, 5.74) is 0.0842. The molecule has 0 radical (unpaired) electrons. The lowest BCUT2D eigenvalue weighted by molar-refractivity contribution is -0.148. The standard InChI is InChI=1S/C14H15F2NO3/c1-3-4-5-13(18)20-9(2)14(19)17-10-6-7-11(15)12(16)8-10/h4-9H,3H2,1-2H3,(H,17,19)/b5-4+/t9-/m1/s1. The lowest BCUT2D eigenvalue weighted by Crippen LogP contribution is -2.29. The maximum atomic E-state index is 13.0. The zero-order valence-corrected chi connectivity index (χ0v) is 11.2. The van der Waals surface area contributed by atoms with Crippen LogP contribution in [0.15, 0.2) is 30.4 Å². The average Bonchev–Trinajstić information content (AvgIpc) is 2.40. The highest BCUT2D eigenvalue weighted by atomic mass is 19.2. The molecule has 4 nitrogen and oxygen atoms in total. The van der Waals surface area contributed by atoms with Gasteiger partial charge in [0, 0.05) is 17.8 Å². The van der Waals surface area contributed by atoms with Crippen LogP contribution in [0.1, 0.15) is 20.3 Å². The van der Waals surface area contributed by atoms with Gasteiger partial charge in [0.2, 0.25) is 0 Å². The van der Waals surface area contributed by atoms with Crippen LogP contribution in [0.25, 0.3) is 0 Å².